The predicted molar refractivity (Wildman–Crippen MR) is 34.8 cm³/mol. The van der Waals surface area contributed by atoms with Gasteiger partial charge >= 0.3 is 0 Å². The van der Waals surface area contributed by atoms with Gasteiger partial charge in [0.1, 0.15) is 5.97 Å². The molecule has 0 aliphatic heterocycles. The van der Waals surface area contributed by atoms with Crippen LogP contribution in [0.3, 0.4) is 0 Å². The number of ketones is 1. The van der Waals surface area contributed by atoms with Crippen molar-refractivity contribution >= 4 is 11.8 Å². The topological polar surface area (TPSA) is 62.1 Å². The van der Waals surface area contributed by atoms with E-state index in [4.69, 9.17) is 0 Å². The van der Waals surface area contributed by atoms with E-state index in [1.807, 2.05) is 0 Å². The van der Waals surface area contributed by atoms with Crippen molar-refractivity contribution in [2.75, 3.05) is 0 Å². The summed E-state index contributed by atoms with van der Waals surface area (Å²) in [6, 6.07) is 3.02. The van der Waals surface area contributed by atoms with Crippen LogP contribution in [0.4, 0.5) is 0 Å². The minimum absolute atomic E-state index is 0.130. The highest BCUT2D eigenvalue weighted by Crippen LogP contribution is 1.99. The molecule has 1 heterocycles. The summed E-state index contributed by atoms with van der Waals surface area (Å²) < 4.78 is 1.43. The normalized spacial score (nSPS) is 9.55. The van der Waals surface area contributed by atoms with Crippen molar-refractivity contribution in [2.24, 2.45) is 7.05 Å². The van der Waals surface area contributed by atoms with Crippen molar-refractivity contribution in [1.82, 2.24) is 4.57 Å². The van der Waals surface area contributed by atoms with Crippen LogP contribution in [0, 0.1) is 0 Å². The van der Waals surface area contributed by atoms with E-state index in [2.05, 4.69) is 0 Å². The smallest absolute Gasteiger partial charge is 0.224 e. The lowest BCUT2D eigenvalue weighted by Crippen LogP contribution is -2.32. The van der Waals surface area contributed by atoms with E-state index in [0.29, 0.717) is 0 Å². The van der Waals surface area contributed by atoms with Crippen LogP contribution in [0.15, 0.2) is 18.3 Å². The molecular weight excluding hydrogens is 146 g/mol. The summed E-state index contributed by atoms with van der Waals surface area (Å²) in [5.41, 5.74) is 0.130. The zero-order chi connectivity index (χ0) is 8.43. The van der Waals surface area contributed by atoms with Gasteiger partial charge in [-0.25, -0.2) is 0 Å². The van der Waals surface area contributed by atoms with Crippen molar-refractivity contribution in [3.63, 3.8) is 0 Å². The Hall–Kier alpha value is -1.58. The van der Waals surface area contributed by atoms with Crippen molar-refractivity contribution in [3.05, 3.63) is 24.0 Å². The summed E-state index contributed by atoms with van der Waals surface area (Å²) in [4.78, 5) is 20.8. The lowest BCUT2D eigenvalue weighted by molar-refractivity contribution is -0.296. The number of nitrogens with zero attached hydrogens (tertiary/aromatic N) is 1. The van der Waals surface area contributed by atoms with Crippen molar-refractivity contribution in [1.29, 1.82) is 0 Å². The van der Waals surface area contributed by atoms with Crippen LogP contribution in [-0.2, 0) is 11.8 Å². The summed E-state index contributed by atoms with van der Waals surface area (Å²) in [7, 11) is 1.59. The van der Waals surface area contributed by atoms with Gasteiger partial charge in [0.05, 0.1) is 5.69 Å². The maximum Gasteiger partial charge on any atom is 0.224 e. The molecule has 0 spiro atoms. The summed E-state index contributed by atoms with van der Waals surface area (Å²) in [6.07, 6.45) is 1.59. The van der Waals surface area contributed by atoms with Gasteiger partial charge in [-0.3, -0.25) is 4.79 Å². The quantitative estimate of drug-likeness (QED) is 0.401. The van der Waals surface area contributed by atoms with Crippen LogP contribution in [0.5, 0.6) is 0 Å². The molecule has 0 aliphatic carbocycles. The first kappa shape index (κ1) is 7.53. The molecule has 11 heavy (non-hydrogen) atoms. The van der Waals surface area contributed by atoms with Gasteiger partial charge in [-0.05, 0) is 12.1 Å². The van der Waals surface area contributed by atoms with E-state index < -0.39 is 11.8 Å². The molecule has 0 aliphatic rings. The van der Waals surface area contributed by atoms with Crippen molar-refractivity contribution < 1.29 is 14.7 Å². The summed E-state index contributed by atoms with van der Waals surface area (Å²) in [5.74, 6) is -2.66. The predicted octanol–water partition coefficient (Wildman–Crippen LogP) is -1.04. The molecule has 0 fully saturated rings. The highest BCUT2D eigenvalue weighted by molar-refractivity contribution is 6.38. The van der Waals surface area contributed by atoms with Gasteiger partial charge in [0, 0.05) is 13.2 Å². The summed E-state index contributed by atoms with van der Waals surface area (Å²) in [6.45, 7) is 0. The average Bonchev–Trinajstić information content (AvgIpc) is 2.33. The number of aliphatic carboxylic acids is 1. The molecule has 4 heteroatoms. The van der Waals surface area contributed by atoms with Gasteiger partial charge in [-0.15, -0.1) is 0 Å². The van der Waals surface area contributed by atoms with E-state index in [1.165, 1.54) is 10.6 Å². The average molecular weight is 152 g/mol. The Kier molecular flexibility index (Phi) is 1.76. The van der Waals surface area contributed by atoms with Crippen LogP contribution < -0.4 is 5.11 Å². The summed E-state index contributed by atoms with van der Waals surface area (Å²) >= 11 is 0. The highest BCUT2D eigenvalue weighted by Gasteiger charge is 2.08. The number of hydrogen-bond acceptors (Lipinski definition) is 3. The number of aryl methyl sites for hydroxylation is 1. The van der Waals surface area contributed by atoms with Gasteiger partial charge in [-0.1, -0.05) is 0 Å². The molecule has 4 nitrogen and oxygen atoms in total. The Morgan fingerprint density at radius 3 is 2.55 bits per heavy atom. The minimum Gasteiger partial charge on any atom is -0.541 e. The number of carboxylic acids is 1. The zero-order valence-corrected chi connectivity index (χ0v) is 5.90. The third-order valence-corrected chi connectivity index (χ3v) is 1.36. The molecule has 0 radical (unpaired) electrons. The van der Waals surface area contributed by atoms with Gasteiger partial charge in [0.25, 0.3) is 0 Å². The number of aromatic nitrogens is 1. The molecule has 0 amide bonds. The Morgan fingerprint density at radius 1 is 1.55 bits per heavy atom. The molecule has 0 saturated carbocycles. The summed E-state index contributed by atoms with van der Waals surface area (Å²) in [5, 5.41) is 10.1. The minimum atomic E-state index is -1.67. The standard InChI is InChI=1S/C7H7NO3/c1-8-4-2-3-5(8)6(9)7(10)11/h2-4H,1H3,(H,10,11)/p-1. The van der Waals surface area contributed by atoms with Crippen LogP contribution >= 0.6 is 0 Å². The lowest BCUT2D eigenvalue weighted by atomic mass is 10.3. The largest absolute Gasteiger partial charge is 0.541 e. The molecule has 1 aromatic rings. The second kappa shape index (κ2) is 2.57. The molecule has 0 aromatic carbocycles. The highest BCUT2D eigenvalue weighted by atomic mass is 16.4. The Morgan fingerprint density at radius 2 is 2.18 bits per heavy atom. The van der Waals surface area contributed by atoms with Crippen LogP contribution in [0.2, 0.25) is 0 Å². The van der Waals surface area contributed by atoms with Crippen molar-refractivity contribution in [2.45, 2.75) is 0 Å². The fourth-order valence-electron chi connectivity index (χ4n) is 0.802. The van der Waals surface area contributed by atoms with E-state index in [9.17, 15) is 14.7 Å². The molecular formula is C7H6NO3-. The first-order valence-electron chi connectivity index (χ1n) is 3.00. The van der Waals surface area contributed by atoms with Gasteiger partial charge in [0.2, 0.25) is 5.78 Å². The maximum absolute atomic E-state index is 10.7. The van der Waals surface area contributed by atoms with E-state index in [1.54, 1.807) is 19.3 Å². The van der Waals surface area contributed by atoms with E-state index in [-0.39, 0.29) is 5.69 Å². The van der Waals surface area contributed by atoms with Crippen LogP contribution in [0.25, 0.3) is 0 Å². The third-order valence-electron chi connectivity index (χ3n) is 1.36. The second-order valence-corrected chi connectivity index (χ2v) is 2.12. The van der Waals surface area contributed by atoms with Crippen LogP contribution in [-0.4, -0.2) is 16.3 Å². The van der Waals surface area contributed by atoms with Gasteiger partial charge < -0.3 is 14.5 Å². The monoisotopic (exact) mass is 152 g/mol. The Labute approximate surface area is 63.1 Å². The Bertz CT molecular complexity index is 300. The zero-order valence-electron chi connectivity index (χ0n) is 5.90. The number of Topliss-reactive ketones (excluding diaryl/α,β-unsaturated/α-hetero) is 1. The molecule has 1 rings (SSSR count). The number of carbonyl (C=O) groups excluding carboxylic acids is 2. The second-order valence-electron chi connectivity index (χ2n) is 2.12. The molecule has 0 atom stereocenters. The van der Waals surface area contributed by atoms with Crippen molar-refractivity contribution in [3.8, 4) is 0 Å². The van der Waals surface area contributed by atoms with Crippen LogP contribution in [0.1, 0.15) is 10.5 Å². The first-order chi connectivity index (χ1) is 5.13. The molecule has 58 valence electrons. The number of rotatable bonds is 2. The van der Waals surface area contributed by atoms with E-state index in [0.717, 1.165) is 0 Å². The van der Waals surface area contributed by atoms with Gasteiger partial charge in [0.15, 0.2) is 0 Å². The lowest BCUT2D eigenvalue weighted by Gasteiger charge is -2.01. The first-order valence-corrected chi connectivity index (χ1v) is 3.00. The Balaban J connectivity index is 3.02. The third kappa shape index (κ3) is 1.29. The molecule has 1 aromatic heterocycles. The molecule has 0 N–H and O–H groups in total. The molecule has 0 saturated heterocycles. The number of hydrogen-bond donors (Lipinski definition) is 0. The fraction of sp³-hybridized carbons (Fsp3) is 0.143. The fourth-order valence-corrected chi connectivity index (χ4v) is 0.802. The SMILES string of the molecule is Cn1cccc1C(=O)C(=O)[O-]. The number of carboxylic acid groups (broad SMARTS) is 1. The van der Waals surface area contributed by atoms with Gasteiger partial charge in [-0.2, -0.15) is 0 Å². The number of carbonyl (C=O) groups is 2. The molecule has 0 bridgehead atoms. The maximum atomic E-state index is 10.7. The van der Waals surface area contributed by atoms with E-state index >= 15 is 0 Å². The molecule has 0 unspecified atom stereocenters.